The molecule has 1 unspecified atom stereocenters. The molecular formula is C13H22Cl2N2O. The van der Waals surface area contributed by atoms with Crippen LogP contribution in [0.15, 0.2) is 0 Å². The van der Waals surface area contributed by atoms with Gasteiger partial charge in [-0.25, -0.2) is 0 Å². The van der Waals surface area contributed by atoms with Crippen molar-refractivity contribution in [3.05, 3.63) is 0 Å². The summed E-state index contributed by atoms with van der Waals surface area (Å²) in [5.41, 5.74) is -0.496. The van der Waals surface area contributed by atoms with Gasteiger partial charge in [-0.15, -0.1) is 23.2 Å². The van der Waals surface area contributed by atoms with Crippen LogP contribution in [-0.2, 0) is 4.79 Å². The molecule has 0 saturated heterocycles. The molecule has 1 atom stereocenters. The van der Waals surface area contributed by atoms with Gasteiger partial charge in [0.05, 0.1) is 5.41 Å². The summed E-state index contributed by atoms with van der Waals surface area (Å²) in [6.07, 6.45) is 5.30. The lowest BCUT2D eigenvalue weighted by Crippen LogP contribution is -2.52. The second-order valence-corrected chi connectivity index (χ2v) is 7.71. The fraction of sp³-hybridized carbons (Fsp3) is 0.923. The van der Waals surface area contributed by atoms with Crippen molar-refractivity contribution in [3.8, 4) is 0 Å². The van der Waals surface area contributed by atoms with Gasteiger partial charge < -0.3 is 10.2 Å². The predicted octanol–water partition coefficient (Wildman–Crippen LogP) is 2.56. The lowest BCUT2D eigenvalue weighted by molar-refractivity contribution is -0.126. The Morgan fingerprint density at radius 2 is 1.78 bits per heavy atom. The van der Waals surface area contributed by atoms with Gasteiger partial charge in [-0.2, -0.15) is 0 Å². The van der Waals surface area contributed by atoms with Crippen molar-refractivity contribution in [2.24, 2.45) is 5.41 Å². The highest BCUT2D eigenvalue weighted by Gasteiger charge is 2.67. The van der Waals surface area contributed by atoms with E-state index in [0.717, 1.165) is 12.8 Å². The number of nitrogens with zero attached hydrogens (tertiary/aromatic N) is 1. The topological polar surface area (TPSA) is 32.3 Å². The first-order valence-electron chi connectivity index (χ1n) is 6.57. The quantitative estimate of drug-likeness (QED) is 0.808. The van der Waals surface area contributed by atoms with E-state index in [4.69, 9.17) is 23.2 Å². The number of amides is 1. The minimum atomic E-state index is -0.877. The Kier molecular flexibility index (Phi) is 3.63. The van der Waals surface area contributed by atoms with Crippen LogP contribution < -0.4 is 5.32 Å². The van der Waals surface area contributed by atoms with E-state index in [2.05, 4.69) is 24.3 Å². The normalized spacial score (nSPS) is 32.6. The molecule has 0 aromatic heterocycles. The maximum atomic E-state index is 12.2. The number of nitrogens with one attached hydrogen (secondary N) is 1. The molecule has 0 heterocycles. The molecule has 5 heteroatoms. The molecule has 104 valence electrons. The minimum Gasteiger partial charge on any atom is -0.354 e. The molecule has 2 rings (SSSR count). The maximum absolute atomic E-state index is 12.2. The average molecular weight is 293 g/mol. The number of carbonyl (C=O) groups excluding carboxylic acids is 1. The Balaban J connectivity index is 1.93. The number of halogens is 2. The summed E-state index contributed by atoms with van der Waals surface area (Å²) in [4.78, 5) is 14.4. The Labute approximate surface area is 119 Å². The summed E-state index contributed by atoms with van der Waals surface area (Å²) in [5, 5.41) is 3.06. The molecule has 0 bridgehead atoms. The van der Waals surface area contributed by atoms with Crippen molar-refractivity contribution >= 4 is 29.1 Å². The lowest BCUT2D eigenvalue weighted by atomic mass is 9.95. The van der Waals surface area contributed by atoms with E-state index in [9.17, 15) is 4.79 Å². The molecule has 1 N–H and O–H groups in total. The molecule has 2 saturated carbocycles. The van der Waals surface area contributed by atoms with Crippen molar-refractivity contribution in [2.45, 2.75) is 48.9 Å². The van der Waals surface area contributed by atoms with Crippen LogP contribution in [0.1, 0.15) is 39.0 Å². The van der Waals surface area contributed by atoms with Crippen molar-refractivity contribution in [3.63, 3.8) is 0 Å². The Morgan fingerprint density at radius 1 is 1.28 bits per heavy atom. The maximum Gasteiger partial charge on any atom is 0.229 e. The summed E-state index contributed by atoms with van der Waals surface area (Å²) in [5.74, 6) is -0.0133. The number of carbonyl (C=O) groups is 1. The van der Waals surface area contributed by atoms with E-state index in [1.165, 1.54) is 12.8 Å². The van der Waals surface area contributed by atoms with Crippen molar-refractivity contribution < 1.29 is 4.79 Å². The van der Waals surface area contributed by atoms with Crippen LogP contribution in [0.4, 0.5) is 0 Å². The van der Waals surface area contributed by atoms with Gasteiger partial charge in [-0.05, 0) is 40.3 Å². The van der Waals surface area contributed by atoms with Gasteiger partial charge in [0.1, 0.15) is 4.33 Å². The zero-order valence-electron chi connectivity index (χ0n) is 11.4. The first kappa shape index (κ1) is 14.4. The van der Waals surface area contributed by atoms with E-state index in [0.29, 0.717) is 13.0 Å². The molecule has 0 aliphatic heterocycles. The molecule has 0 aromatic carbocycles. The first-order chi connectivity index (χ1) is 8.24. The molecule has 3 nitrogen and oxygen atoms in total. The standard InChI is InChI=1S/C13H22Cl2N2O/c1-11(8-13(11,14)15)10(18)16-9-12(17(2)3)6-4-5-7-12/h4-9H2,1-3H3,(H,16,18). The molecule has 2 aliphatic carbocycles. The van der Waals surface area contributed by atoms with E-state index >= 15 is 0 Å². The SMILES string of the molecule is CN(C)C1(CNC(=O)C2(C)CC2(Cl)Cl)CCCC1. The van der Waals surface area contributed by atoms with Crippen LogP contribution in [0, 0.1) is 5.41 Å². The van der Waals surface area contributed by atoms with Crippen LogP contribution in [0.25, 0.3) is 0 Å². The number of hydrogen-bond donors (Lipinski definition) is 1. The third kappa shape index (κ3) is 2.25. The van der Waals surface area contributed by atoms with E-state index < -0.39 is 9.75 Å². The molecule has 1 amide bonds. The zero-order chi connectivity index (χ0) is 13.6. The summed E-state index contributed by atoms with van der Waals surface area (Å²) in [6, 6.07) is 0. The summed E-state index contributed by atoms with van der Waals surface area (Å²) in [6.45, 7) is 2.53. The van der Waals surface area contributed by atoms with E-state index in [1.54, 1.807) is 0 Å². The van der Waals surface area contributed by atoms with Crippen molar-refractivity contribution in [1.82, 2.24) is 10.2 Å². The van der Waals surface area contributed by atoms with Gasteiger partial charge >= 0.3 is 0 Å². The van der Waals surface area contributed by atoms with Crippen LogP contribution in [0.3, 0.4) is 0 Å². The molecule has 0 radical (unpaired) electrons. The Morgan fingerprint density at radius 3 is 2.17 bits per heavy atom. The third-order valence-corrected chi connectivity index (χ3v) is 5.92. The van der Waals surface area contributed by atoms with Gasteiger partial charge in [-0.3, -0.25) is 4.79 Å². The van der Waals surface area contributed by atoms with E-state index in [-0.39, 0.29) is 11.4 Å². The number of hydrogen-bond acceptors (Lipinski definition) is 2. The van der Waals surface area contributed by atoms with Gasteiger partial charge in [0.15, 0.2) is 0 Å². The number of alkyl halides is 2. The van der Waals surface area contributed by atoms with Crippen LogP contribution in [0.2, 0.25) is 0 Å². The van der Waals surface area contributed by atoms with E-state index in [1.807, 2.05) is 6.92 Å². The molecular weight excluding hydrogens is 271 g/mol. The molecule has 0 aromatic rings. The third-order valence-electron chi connectivity index (χ3n) is 4.82. The first-order valence-corrected chi connectivity index (χ1v) is 7.33. The smallest absolute Gasteiger partial charge is 0.229 e. The largest absolute Gasteiger partial charge is 0.354 e. The molecule has 2 fully saturated rings. The Hall–Kier alpha value is 0.01000. The average Bonchev–Trinajstić information content (AvgIpc) is 2.69. The molecule has 0 spiro atoms. The summed E-state index contributed by atoms with van der Waals surface area (Å²) < 4.78 is -0.877. The predicted molar refractivity (Wildman–Crippen MR) is 75.1 cm³/mol. The van der Waals surface area contributed by atoms with Gasteiger partial charge in [-0.1, -0.05) is 12.8 Å². The Bertz CT molecular complexity index is 351. The summed E-state index contributed by atoms with van der Waals surface area (Å²) in [7, 11) is 4.17. The van der Waals surface area contributed by atoms with Crippen LogP contribution in [0.5, 0.6) is 0 Å². The lowest BCUT2D eigenvalue weighted by Gasteiger charge is -2.36. The highest BCUT2D eigenvalue weighted by Crippen LogP contribution is 2.63. The van der Waals surface area contributed by atoms with Crippen molar-refractivity contribution in [1.29, 1.82) is 0 Å². The highest BCUT2D eigenvalue weighted by molar-refractivity contribution is 6.53. The van der Waals surface area contributed by atoms with Crippen LogP contribution >= 0.6 is 23.2 Å². The zero-order valence-corrected chi connectivity index (χ0v) is 12.9. The second-order valence-electron chi connectivity index (χ2n) is 6.22. The number of rotatable bonds is 4. The molecule has 18 heavy (non-hydrogen) atoms. The van der Waals surface area contributed by atoms with Gasteiger partial charge in [0.2, 0.25) is 5.91 Å². The highest BCUT2D eigenvalue weighted by atomic mass is 35.5. The second kappa shape index (κ2) is 4.53. The van der Waals surface area contributed by atoms with Gasteiger partial charge in [0, 0.05) is 12.1 Å². The fourth-order valence-electron chi connectivity index (χ4n) is 2.90. The molecule has 2 aliphatic rings. The minimum absolute atomic E-state index is 0.0133. The summed E-state index contributed by atoms with van der Waals surface area (Å²) >= 11 is 12.1. The van der Waals surface area contributed by atoms with Gasteiger partial charge in [0.25, 0.3) is 0 Å². The monoisotopic (exact) mass is 292 g/mol. The van der Waals surface area contributed by atoms with Crippen LogP contribution in [-0.4, -0.2) is 41.3 Å². The van der Waals surface area contributed by atoms with Crippen molar-refractivity contribution in [2.75, 3.05) is 20.6 Å². The fourth-order valence-corrected chi connectivity index (χ4v) is 3.61. The number of likely N-dealkylation sites (N-methyl/N-ethyl adjacent to an activating group) is 1.